The first-order valence-electron chi connectivity index (χ1n) is 5.33. The SMILES string of the molecule is N#Cc1ccc(OCC2CCCO2)c(N)c1. The van der Waals surface area contributed by atoms with E-state index >= 15 is 0 Å². The van der Waals surface area contributed by atoms with Gasteiger partial charge in [-0.15, -0.1) is 0 Å². The van der Waals surface area contributed by atoms with Crippen LogP contribution < -0.4 is 10.5 Å². The van der Waals surface area contributed by atoms with Crippen LogP contribution in [0.1, 0.15) is 18.4 Å². The Morgan fingerprint density at radius 3 is 3.06 bits per heavy atom. The fourth-order valence-corrected chi connectivity index (χ4v) is 1.71. The van der Waals surface area contributed by atoms with E-state index in [-0.39, 0.29) is 6.10 Å². The highest BCUT2D eigenvalue weighted by Crippen LogP contribution is 2.23. The van der Waals surface area contributed by atoms with Gasteiger partial charge in [0.1, 0.15) is 12.4 Å². The van der Waals surface area contributed by atoms with Crippen molar-refractivity contribution >= 4 is 5.69 Å². The van der Waals surface area contributed by atoms with Crippen LogP contribution in [0.15, 0.2) is 18.2 Å². The summed E-state index contributed by atoms with van der Waals surface area (Å²) in [7, 11) is 0. The molecule has 84 valence electrons. The van der Waals surface area contributed by atoms with E-state index in [1.807, 2.05) is 6.07 Å². The summed E-state index contributed by atoms with van der Waals surface area (Å²) >= 11 is 0. The zero-order valence-electron chi connectivity index (χ0n) is 8.98. The number of hydrogen-bond donors (Lipinski definition) is 1. The summed E-state index contributed by atoms with van der Waals surface area (Å²) in [5.41, 5.74) is 6.81. The minimum Gasteiger partial charge on any atom is -0.489 e. The van der Waals surface area contributed by atoms with E-state index in [0.29, 0.717) is 23.6 Å². The fourth-order valence-electron chi connectivity index (χ4n) is 1.71. The van der Waals surface area contributed by atoms with Gasteiger partial charge in [0, 0.05) is 6.61 Å². The van der Waals surface area contributed by atoms with E-state index in [9.17, 15) is 0 Å². The van der Waals surface area contributed by atoms with Gasteiger partial charge < -0.3 is 15.2 Å². The number of anilines is 1. The van der Waals surface area contributed by atoms with Gasteiger partial charge in [0.15, 0.2) is 0 Å². The van der Waals surface area contributed by atoms with Crippen molar-refractivity contribution in [3.63, 3.8) is 0 Å². The molecule has 0 radical (unpaired) electrons. The van der Waals surface area contributed by atoms with Crippen molar-refractivity contribution in [1.29, 1.82) is 5.26 Å². The maximum atomic E-state index is 8.69. The third kappa shape index (κ3) is 2.44. The van der Waals surface area contributed by atoms with Crippen LogP contribution in [0.4, 0.5) is 5.69 Å². The van der Waals surface area contributed by atoms with Gasteiger partial charge in [0.05, 0.1) is 23.4 Å². The second kappa shape index (κ2) is 4.86. The van der Waals surface area contributed by atoms with Crippen molar-refractivity contribution in [1.82, 2.24) is 0 Å². The molecule has 2 N–H and O–H groups in total. The molecule has 0 saturated carbocycles. The molecular formula is C12H14N2O2. The van der Waals surface area contributed by atoms with Gasteiger partial charge in [-0.05, 0) is 31.0 Å². The zero-order chi connectivity index (χ0) is 11.4. The summed E-state index contributed by atoms with van der Waals surface area (Å²) < 4.78 is 11.0. The topological polar surface area (TPSA) is 68.3 Å². The Labute approximate surface area is 94.6 Å². The van der Waals surface area contributed by atoms with Crippen molar-refractivity contribution < 1.29 is 9.47 Å². The molecule has 1 saturated heterocycles. The van der Waals surface area contributed by atoms with E-state index < -0.39 is 0 Å². The second-order valence-electron chi connectivity index (χ2n) is 3.81. The number of benzene rings is 1. The Balaban J connectivity index is 1.96. The quantitative estimate of drug-likeness (QED) is 0.784. The van der Waals surface area contributed by atoms with Crippen LogP contribution >= 0.6 is 0 Å². The summed E-state index contributed by atoms with van der Waals surface area (Å²) in [6.07, 6.45) is 2.31. The van der Waals surface area contributed by atoms with Crippen molar-refractivity contribution in [2.75, 3.05) is 18.9 Å². The maximum Gasteiger partial charge on any atom is 0.142 e. The molecule has 1 heterocycles. The lowest BCUT2D eigenvalue weighted by molar-refractivity contribution is 0.0682. The average Bonchev–Trinajstić information content (AvgIpc) is 2.80. The molecule has 0 aromatic heterocycles. The minimum absolute atomic E-state index is 0.176. The molecule has 0 aliphatic carbocycles. The van der Waals surface area contributed by atoms with Gasteiger partial charge in [0.2, 0.25) is 0 Å². The Kier molecular flexibility index (Phi) is 3.28. The van der Waals surface area contributed by atoms with Crippen molar-refractivity contribution in [3.8, 4) is 11.8 Å². The molecule has 2 rings (SSSR count). The van der Waals surface area contributed by atoms with Crippen LogP contribution in [-0.2, 0) is 4.74 Å². The van der Waals surface area contributed by atoms with Crippen LogP contribution in [-0.4, -0.2) is 19.3 Å². The van der Waals surface area contributed by atoms with E-state index in [4.69, 9.17) is 20.5 Å². The highest BCUT2D eigenvalue weighted by Gasteiger charge is 2.16. The van der Waals surface area contributed by atoms with Crippen LogP contribution in [0.25, 0.3) is 0 Å². The standard InChI is InChI=1S/C12H14N2O2/c13-7-9-3-4-12(11(14)6-9)16-8-10-2-1-5-15-10/h3-4,6,10H,1-2,5,8,14H2. The fraction of sp³-hybridized carbons (Fsp3) is 0.417. The number of nitrogen functional groups attached to an aromatic ring is 1. The van der Waals surface area contributed by atoms with E-state index in [0.717, 1.165) is 19.4 Å². The summed E-state index contributed by atoms with van der Waals surface area (Å²) in [6, 6.07) is 7.07. The molecule has 1 aliphatic heterocycles. The third-order valence-electron chi connectivity index (χ3n) is 2.59. The van der Waals surface area contributed by atoms with Gasteiger partial charge in [-0.3, -0.25) is 0 Å². The molecule has 4 nitrogen and oxygen atoms in total. The third-order valence-corrected chi connectivity index (χ3v) is 2.59. The summed E-state index contributed by atoms with van der Waals surface area (Å²) in [5.74, 6) is 0.620. The Hall–Kier alpha value is -1.73. The minimum atomic E-state index is 0.176. The van der Waals surface area contributed by atoms with Gasteiger partial charge in [-0.1, -0.05) is 0 Å². The molecule has 1 aromatic carbocycles. The van der Waals surface area contributed by atoms with E-state index in [1.54, 1.807) is 18.2 Å². The smallest absolute Gasteiger partial charge is 0.142 e. The van der Waals surface area contributed by atoms with E-state index in [1.165, 1.54) is 0 Å². The van der Waals surface area contributed by atoms with Crippen LogP contribution in [0.3, 0.4) is 0 Å². The molecule has 4 heteroatoms. The predicted molar refractivity (Wildman–Crippen MR) is 60.0 cm³/mol. The first-order valence-corrected chi connectivity index (χ1v) is 5.33. The number of nitrogens with two attached hydrogens (primary N) is 1. The molecule has 0 amide bonds. The summed E-state index contributed by atoms with van der Waals surface area (Å²) in [4.78, 5) is 0. The molecule has 1 aliphatic rings. The van der Waals surface area contributed by atoms with Gasteiger partial charge in [-0.2, -0.15) is 5.26 Å². The Bertz CT molecular complexity index is 406. The van der Waals surface area contributed by atoms with Crippen molar-refractivity contribution in [2.24, 2.45) is 0 Å². The van der Waals surface area contributed by atoms with Crippen LogP contribution in [0.5, 0.6) is 5.75 Å². The number of nitriles is 1. The summed E-state index contributed by atoms with van der Waals surface area (Å²) in [5, 5.41) is 8.69. The highest BCUT2D eigenvalue weighted by molar-refractivity contribution is 5.56. The first kappa shape index (κ1) is 10.8. The molecule has 1 unspecified atom stereocenters. The van der Waals surface area contributed by atoms with Gasteiger partial charge >= 0.3 is 0 Å². The van der Waals surface area contributed by atoms with Crippen LogP contribution in [0.2, 0.25) is 0 Å². The van der Waals surface area contributed by atoms with E-state index in [2.05, 4.69) is 0 Å². The largest absolute Gasteiger partial charge is 0.489 e. The first-order chi connectivity index (χ1) is 7.79. The lowest BCUT2D eigenvalue weighted by Crippen LogP contribution is -2.16. The molecule has 1 aromatic rings. The lowest BCUT2D eigenvalue weighted by atomic mass is 10.2. The molecule has 0 spiro atoms. The zero-order valence-corrected chi connectivity index (χ0v) is 8.98. The molecular weight excluding hydrogens is 204 g/mol. The van der Waals surface area contributed by atoms with Crippen molar-refractivity contribution in [3.05, 3.63) is 23.8 Å². The Morgan fingerprint density at radius 1 is 1.56 bits per heavy atom. The normalized spacial score (nSPS) is 19.3. The number of rotatable bonds is 3. The highest BCUT2D eigenvalue weighted by atomic mass is 16.5. The second-order valence-corrected chi connectivity index (χ2v) is 3.81. The average molecular weight is 218 g/mol. The molecule has 1 fully saturated rings. The number of ether oxygens (including phenoxy) is 2. The predicted octanol–water partition coefficient (Wildman–Crippen LogP) is 1.70. The van der Waals surface area contributed by atoms with Gasteiger partial charge in [0.25, 0.3) is 0 Å². The monoisotopic (exact) mass is 218 g/mol. The van der Waals surface area contributed by atoms with Gasteiger partial charge in [-0.25, -0.2) is 0 Å². The lowest BCUT2D eigenvalue weighted by Gasteiger charge is -2.12. The molecule has 16 heavy (non-hydrogen) atoms. The summed E-state index contributed by atoms with van der Waals surface area (Å²) in [6.45, 7) is 1.34. The maximum absolute atomic E-state index is 8.69. The Morgan fingerprint density at radius 2 is 2.44 bits per heavy atom. The molecule has 0 bridgehead atoms. The van der Waals surface area contributed by atoms with Crippen molar-refractivity contribution in [2.45, 2.75) is 18.9 Å². The van der Waals surface area contributed by atoms with Crippen LogP contribution in [0, 0.1) is 11.3 Å². The number of nitrogens with zero attached hydrogens (tertiary/aromatic N) is 1. The molecule has 1 atom stereocenters. The number of hydrogen-bond acceptors (Lipinski definition) is 4.